The quantitative estimate of drug-likeness (QED) is 0.0213. The van der Waals surface area contributed by atoms with Crippen molar-refractivity contribution >= 4 is 19.7 Å². The van der Waals surface area contributed by atoms with Gasteiger partial charge in [-0.05, 0) is 83.1 Å². The van der Waals surface area contributed by atoms with Gasteiger partial charge in [0.25, 0.3) is 7.82 Å². The van der Waals surface area contributed by atoms with Gasteiger partial charge >= 0.3 is 5.97 Å². The number of allylic oxidation sites excluding steroid dienone is 5. The maximum absolute atomic E-state index is 13.4. The second kappa shape index (κ2) is 44.1. The van der Waals surface area contributed by atoms with Crippen LogP contribution in [0.5, 0.6) is 0 Å². The lowest BCUT2D eigenvalue weighted by Crippen LogP contribution is -2.47. The fourth-order valence-electron chi connectivity index (χ4n) is 7.39. The van der Waals surface area contributed by atoms with Gasteiger partial charge in [-0.1, -0.05) is 180 Å². The predicted octanol–water partition coefficient (Wildman–Crippen LogP) is 14.6. The first-order valence-electron chi connectivity index (χ1n) is 26.3. The van der Waals surface area contributed by atoms with Crippen LogP contribution in [0.1, 0.15) is 239 Å². The minimum absolute atomic E-state index is 0.0263. The summed E-state index contributed by atoms with van der Waals surface area (Å²) < 4.78 is 30.1. The lowest BCUT2D eigenvalue weighted by atomic mass is 10.1. The van der Waals surface area contributed by atoms with Crippen molar-refractivity contribution in [3.8, 4) is 0 Å². The van der Waals surface area contributed by atoms with Crippen molar-refractivity contribution in [2.24, 2.45) is 0 Å². The Balaban J connectivity index is 5.46. The van der Waals surface area contributed by atoms with E-state index >= 15 is 0 Å². The summed E-state index contributed by atoms with van der Waals surface area (Å²) >= 11 is 0. The maximum Gasteiger partial charge on any atom is 0.306 e. The molecule has 0 radical (unpaired) electrons. The van der Waals surface area contributed by atoms with Crippen molar-refractivity contribution in [2.45, 2.75) is 251 Å². The Morgan fingerprint density at radius 2 is 0.921 bits per heavy atom. The van der Waals surface area contributed by atoms with Gasteiger partial charge in [0.1, 0.15) is 19.3 Å². The topological polar surface area (TPSA) is 114 Å². The molecule has 3 atom stereocenters. The third-order valence-corrected chi connectivity index (χ3v) is 12.5. The number of nitrogens with zero attached hydrogens (tertiary/aromatic N) is 1. The second-order valence-corrected chi connectivity index (χ2v) is 20.4. The van der Waals surface area contributed by atoms with Crippen LogP contribution in [0.3, 0.4) is 0 Å². The molecular weight excluding hydrogens is 808 g/mol. The van der Waals surface area contributed by atoms with Gasteiger partial charge < -0.3 is 28.5 Å². The molecule has 0 saturated heterocycles. The molecule has 370 valence electrons. The molecule has 0 aliphatic heterocycles. The van der Waals surface area contributed by atoms with Gasteiger partial charge in [-0.25, -0.2) is 0 Å². The first-order valence-corrected chi connectivity index (χ1v) is 27.8. The number of carbonyl (C=O) groups excluding carboxylic acids is 2. The number of ether oxygens (including phenoxy) is 1. The Kier molecular flexibility index (Phi) is 42.8. The second-order valence-electron chi connectivity index (χ2n) is 19.0. The van der Waals surface area contributed by atoms with Crippen molar-refractivity contribution in [1.29, 1.82) is 0 Å². The van der Waals surface area contributed by atoms with Gasteiger partial charge in [-0.3, -0.25) is 14.2 Å². The van der Waals surface area contributed by atoms with Gasteiger partial charge in [0.05, 0.1) is 33.8 Å². The van der Waals surface area contributed by atoms with E-state index in [4.69, 9.17) is 13.8 Å². The number of quaternary nitrogens is 1. The third-order valence-electron chi connectivity index (χ3n) is 11.5. The van der Waals surface area contributed by atoms with Crippen LogP contribution < -0.4 is 10.2 Å². The molecule has 3 unspecified atom stereocenters. The van der Waals surface area contributed by atoms with E-state index < -0.39 is 26.6 Å². The molecular formula is C53H101N2O7P. The van der Waals surface area contributed by atoms with E-state index in [1.807, 2.05) is 33.3 Å². The summed E-state index contributed by atoms with van der Waals surface area (Å²) in [5.74, 6) is -0.577. The zero-order chi connectivity index (χ0) is 46.5. The number of likely N-dealkylation sites (N-methyl/N-ethyl adjacent to an activating group) is 1. The van der Waals surface area contributed by atoms with E-state index in [9.17, 15) is 19.0 Å². The van der Waals surface area contributed by atoms with E-state index in [0.29, 0.717) is 30.3 Å². The monoisotopic (exact) mass is 909 g/mol. The predicted molar refractivity (Wildman–Crippen MR) is 266 cm³/mol. The van der Waals surface area contributed by atoms with E-state index in [1.165, 1.54) is 122 Å². The maximum atomic E-state index is 13.4. The van der Waals surface area contributed by atoms with E-state index in [2.05, 4.69) is 50.4 Å². The van der Waals surface area contributed by atoms with E-state index in [0.717, 1.165) is 70.6 Å². The standard InChI is InChI=1S/C53H101N2O7P/c1-7-10-13-16-19-22-25-27-30-33-36-39-42-45-52(56)54-50(49-61-63(58,59)60-48-47-55(4,5)6)51(44-41-38-35-32-29-24-21-18-15-12-9-3)62-53(57)46-43-40-37-34-31-28-26-23-20-17-14-11-8-2/h27-28,30-31,41,44,50-51H,7-26,29,32-40,42-43,45-49H2,1-6H3,(H-,54,56,58,59)/b30-27-,31-28-,44-41+. The minimum atomic E-state index is -4.69. The van der Waals surface area contributed by atoms with Crippen LogP contribution in [-0.4, -0.2) is 69.4 Å². The Morgan fingerprint density at radius 3 is 1.35 bits per heavy atom. The van der Waals surface area contributed by atoms with Crippen LogP contribution in [0.15, 0.2) is 36.5 Å². The highest BCUT2D eigenvalue weighted by Crippen LogP contribution is 2.38. The smallest absolute Gasteiger partial charge is 0.306 e. The van der Waals surface area contributed by atoms with Gasteiger partial charge in [0.2, 0.25) is 5.91 Å². The number of rotatable bonds is 47. The summed E-state index contributed by atoms with van der Waals surface area (Å²) in [6.45, 7) is 6.79. The Bertz CT molecular complexity index is 1180. The van der Waals surface area contributed by atoms with E-state index in [-0.39, 0.29) is 24.9 Å². The SMILES string of the molecule is CCCCCCCC/C=C\CCCCCC(=O)NC(COP(=O)([O-])OCC[N+](C)(C)C)C(/C=C/CCCCCCCCCCC)OC(=O)CCCCC/C=C\CCCCCCCC. The summed E-state index contributed by atoms with van der Waals surface area (Å²) in [6, 6.07) is -0.896. The molecule has 0 aromatic heterocycles. The molecule has 0 bridgehead atoms. The van der Waals surface area contributed by atoms with Crippen LogP contribution in [0.25, 0.3) is 0 Å². The zero-order valence-corrected chi connectivity index (χ0v) is 42.9. The first kappa shape index (κ1) is 61.2. The van der Waals surface area contributed by atoms with Gasteiger partial charge in [0.15, 0.2) is 0 Å². The molecule has 0 aliphatic carbocycles. The Hall–Kier alpha value is -1.77. The molecule has 1 N–H and O–H groups in total. The zero-order valence-electron chi connectivity index (χ0n) is 42.0. The van der Waals surface area contributed by atoms with Crippen molar-refractivity contribution in [3.05, 3.63) is 36.5 Å². The largest absolute Gasteiger partial charge is 0.756 e. The van der Waals surface area contributed by atoms with Gasteiger partial charge in [0, 0.05) is 12.8 Å². The fourth-order valence-corrected chi connectivity index (χ4v) is 8.11. The highest BCUT2D eigenvalue weighted by atomic mass is 31.2. The van der Waals surface area contributed by atoms with E-state index in [1.54, 1.807) is 0 Å². The Morgan fingerprint density at radius 1 is 0.540 bits per heavy atom. The van der Waals surface area contributed by atoms with Gasteiger partial charge in [-0.15, -0.1) is 0 Å². The fraction of sp³-hybridized carbons (Fsp3) is 0.849. The molecule has 0 saturated carbocycles. The number of nitrogens with one attached hydrogen (secondary N) is 1. The van der Waals surface area contributed by atoms with Crippen LogP contribution in [0.4, 0.5) is 0 Å². The highest BCUT2D eigenvalue weighted by Gasteiger charge is 2.27. The highest BCUT2D eigenvalue weighted by molar-refractivity contribution is 7.45. The number of phosphoric acid groups is 1. The van der Waals surface area contributed by atoms with Crippen molar-refractivity contribution in [2.75, 3.05) is 40.9 Å². The molecule has 1 amide bonds. The number of phosphoric ester groups is 1. The number of carbonyl (C=O) groups is 2. The summed E-state index contributed by atoms with van der Waals surface area (Å²) in [5.41, 5.74) is 0. The molecule has 10 heteroatoms. The molecule has 0 aromatic carbocycles. The number of hydrogen-bond donors (Lipinski definition) is 1. The number of esters is 1. The summed E-state index contributed by atoms with van der Waals surface area (Å²) in [4.78, 5) is 39.6. The molecule has 63 heavy (non-hydrogen) atoms. The lowest BCUT2D eigenvalue weighted by molar-refractivity contribution is -0.870. The molecule has 0 heterocycles. The van der Waals surface area contributed by atoms with Crippen molar-refractivity contribution < 1.29 is 37.3 Å². The minimum Gasteiger partial charge on any atom is -0.756 e. The summed E-state index contributed by atoms with van der Waals surface area (Å²) in [7, 11) is 1.17. The summed E-state index contributed by atoms with van der Waals surface area (Å²) in [5, 5.41) is 2.99. The molecule has 9 nitrogen and oxygen atoms in total. The number of hydrogen-bond acceptors (Lipinski definition) is 7. The molecule has 0 spiro atoms. The van der Waals surface area contributed by atoms with Crippen molar-refractivity contribution in [1.82, 2.24) is 5.32 Å². The summed E-state index contributed by atoms with van der Waals surface area (Å²) in [6.07, 6.45) is 49.7. The number of unbranched alkanes of at least 4 members (excludes halogenated alkanes) is 27. The molecule has 0 rings (SSSR count). The van der Waals surface area contributed by atoms with Crippen LogP contribution in [0, 0.1) is 0 Å². The van der Waals surface area contributed by atoms with Crippen LogP contribution in [0.2, 0.25) is 0 Å². The number of amides is 1. The van der Waals surface area contributed by atoms with Crippen LogP contribution in [-0.2, 0) is 27.9 Å². The normalized spacial score (nSPS) is 14.2. The first-order chi connectivity index (χ1) is 30.4. The van der Waals surface area contributed by atoms with Crippen molar-refractivity contribution in [3.63, 3.8) is 0 Å². The molecule has 0 aromatic rings. The Labute approximate surface area is 389 Å². The third kappa shape index (κ3) is 45.2. The van der Waals surface area contributed by atoms with Gasteiger partial charge in [-0.2, -0.15) is 0 Å². The lowest BCUT2D eigenvalue weighted by Gasteiger charge is -2.30. The molecule has 0 aliphatic rings. The average molecular weight is 909 g/mol. The average Bonchev–Trinajstić information content (AvgIpc) is 3.23. The molecule has 0 fully saturated rings. The van der Waals surface area contributed by atoms with Crippen LogP contribution >= 0.6 is 7.82 Å².